The number of aromatic nitrogens is 1. The van der Waals surface area contributed by atoms with E-state index in [0.29, 0.717) is 36.7 Å². The van der Waals surface area contributed by atoms with Crippen molar-refractivity contribution in [3.8, 4) is 11.3 Å². The molecule has 0 aliphatic carbocycles. The molecule has 0 bridgehead atoms. The molecule has 1 N–H and O–H groups in total. The van der Waals surface area contributed by atoms with E-state index in [1.165, 1.54) is 12.3 Å². The molecule has 0 saturated carbocycles. The highest BCUT2D eigenvalue weighted by Crippen LogP contribution is 2.25. The topological polar surface area (TPSA) is 66.6 Å². The SMILES string of the molecule is O=C(O)C1CCCCN1Cc1ncc(-c2ccccc2F)o1. The Morgan fingerprint density at radius 1 is 1.41 bits per heavy atom. The third-order valence-corrected chi connectivity index (χ3v) is 3.93. The lowest BCUT2D eigenvalue weighted by Gasteiger charge is -2.31. The Kier molecular flexibility index (Phi) is 4.20. The summed E-state index contributed by atoms with van der Waals surface area (Å²) in [5, 5.41) is 9.26. The average molecular weight is 304 g/mol. The predicted octanol–water partition coefficient (Wildman–Crippen LogP) is 2.92. The van der Waals surface area contributed by atoms with E-state index in [2.05, 4.69) is 4.98 Å². The van der Waals surface area contributed by atoms with Gasteiger partial charge >= 0.3 is 5.97 Å². The van der Waals surface area contributed by atoms with Crippen LogP contribution in [0.15, 0.2) is 34.9 Å². The number of aliphatic carboxylic acids is 1. The van der Waals surface area contributed by atoms with E-state index in [1.54, 1.807) is 18.2 Å². The third-order valence-electron chi connectivity index (χ3n) is 3.93. The van der Waals surface area contributed by atoms with Crippen molar-refractivity contribution >= 4 is 5.97 Å². The Hall–Kier alpha value is -2.21. The van der Waals surface area contributed by atoms with Gasteiger partial charge in [0.15, 0.2) is 5.76 Å². The molecule has 1 aliphatic rings. The van der Waals surface area contributed by atoms with Gasteiger partial charge in [-0.3, -0.25) is 9.69 Å². The smallest absolute Gasteiger partial charge is 0.320 e. The van der Waals surface area contributed by atoms with Gasteiger partial charge in [-0.15, -0.1) is 0 Å². The molecule has 3 rings (SSSR count). The van der Waals surface area contributed by atoms with Gasteiger partial charge in [0.2, 0.25) is 5.89 Å². The van der Waals surface area contributed by atoms with Crippen molar-refractivity contribution in [2.24, 2.45) is 0 Å². The highest BCUT2D eigenvalue weighted by atomic mass is 19.1. The quantitative estimate of drug-likeness (QED) is 0.940. The van der Waals surface area contributed by atoms with Gasteiger partial charge in [-0.2, -0.15) is 0 Å². The van der Waals surface area contributed by atoms with Crippen molar-refractivity contribution in [3.63, 3.8) is 0 Å². The summed E-state index contributed by atoms with van der Waals surface area (Å²) < 4.78 is 19.3. The number of halogens is 1. The van der Waals surface area contributed by atoms with Crippen LogP contribution in [-0.4, -0.2) is 33.5 Å². The molecule has 2 aromatic rings. The summed E-state index contributed by atoms with van der Waals surface area (Å²) in [5.74, 6) is -0.421. The Morgan fingerprint density at radius 3 is 3.00 bits per heavy atom. The zero-order valence-corrected chi connectivity index (χ0v) is 12.0. The number of oxazole rings is 1. The Balaban J connectivity index is 1.77. The van der Waals surface area contributed by atoms with Crippen molar-refractivity contribution in [2.75, 3.05) is 6.54 Å². The van der Waals surface area contributed by atoms with Crippen LogP contribution in [0.4, 0.5) is 4.39 Å². The van der Waals surface area contributed by atoms with Crippen LogP contribution in [0.1, 0.15) is 25.2 Å². The highest BCUT2D eigenvalue weighted by Gasteiger charge is 2.29. The van der Waals surface area contributed by atoms with Crippen LogP contribution in [0.2, 0.25) is 0 Å². The van der Waals surface area contributed by atoms with Gasteiger partial charge in [-0.25, -0.2) is 9.37 Å². The van der Waals surface area contributed by atoms with Crippen LogP contribution in [0, 0.1) is 5.82 Å². The lowest BCUT2D eigenvalue weighted by Crippen LogP contribution is -2.44. The summed E-state index contributed by atoms with van der Waals surface area (Å²) in [6, 6.07) is 5.83. The molecule has 0 spiro atoms. The molecule has 2 heterocycles. The minimum atomic E-state index is -0.819. The van der Waals surface area contributed by atoms with Crippen molar-refractivity contribution < 1.29 is 18.7 Å². The summed E-state index contributed by atoms with van der Waals surface area (Å²) in [7, 11) is 0. The van der Waals surface area contributed by atoms with E-state index in [4.69, 9.17) is 4.42 Å². The van der Waals surface area contributed by atoms with Crippen molar-refractivity contribution in [3.05, 3.63) is 42.2 Å². The standard InChI is InChI=1S/C16H17FN2O3/c17-12-6-2-1-5-11(12)14-9-18-15(22-14)10-19-8-4-3-7-13(19)16(20)21/h1-2,5-6,9,13H,3-4,7-8,10H2,(H,20,21). The number of benzene rings is 1. The maximum atomic E-state index is 13.7. The average Bonchev–Trinajstić information content (AvgIpc) is 2.96. The van der Waals surface area contributed by atoms with Crippen LogP contribution < -0.4 is 0 Å². The minimum absolute atomic E-state index is 0.325. The van der Waals surface area contributed by atoms with Gasteiger partial charge in [0.05, 0.1) is 18.3 Å². The molecule has 1 aromatic heterocycles. The number of nitrogens with zero attached hydrogens (tertiary/aromatic N) is 2. The van der Waals surface area contributed by atoms with E-state index in [9.17, 15) is 14.3 Å². The van der Waals surface area contributed by atoms with Crippen LogP contribution in [0.3, 0.4) is 0 Å². The summed E-state index contributed by atoms with van der Waals surface area (Å²) in [4.78, 5) is 17.3. The first-order valence-corrected chi connectivity index (χ1v) is 7.31. The number of hydrogen-bond acceptors (Lipinski definition) is 4. The van der Waals surface area contributed by atoms with E-state index in [0.717, 1.165) is 12.8 Å². The molecule has 5 nitrogen and oxygen atoms in total. The van der Waals surface area contributed by atoms with Gasteiger partial charge in [-0.1, -0.05) is 18.6 Å². The van der Waals surface area contributed by atoms with Crippen LogP contribution in [0.5, 0.6) is 0 Å². The van der Waals surface area contributed by atoms with Gasteiger partial charge < -0.3 is 9.52 Å². The second-order valence-electron chi connectivity index (χ2n) is 5.42. The molecular formula is C16H17FN2O3. The number of likely N-dealkylation sites (tertiary alicyclic amines) is 1. The molecule has 6 heteroatoms. The molecule has 1 aromatic carbocycles. The van der Waals surface area contributed by atoms with Gasteiger partial charge in [0.25, 0.3) is 0 Å². The lowest BCUT2D eigenvalue weighted by molar-refractivity contribution is -0.145. The van der Waals surface area contributed by atoms with Gasteiger partial charge in [0.1, 0.15) is 11.9 Å². The Bertz CT molecular complexity index is 671. The number of carboxylic acid groups (broad SMARTS) is 1. The number of piperidine rings is 1. The number of rotatable bonds is 4. The fourth-order valence-corrected chi connectivity index (χ4v) is 2.80. The Morgan fingerprint density at radius 2 is 2.23 bits per heavy atom. The van der Waals surface area contributed by atoms with Crippen molar-refractivity contribution in [1.29, 1.82) is 0 Å². The van der Waals surface area contributed by atoms with Gasteiger partial charge in [0, 0.05) is 0 Å². The lowest BCUT2D eigenvalue weighted by atomic mass is 10.0. The number of carboxylic acids is 1. The minimum Gasteiger partial charge on any atom is -0.480 e. The monoisotopic (exact) mass is 304 g/mol. The highest BCUT2D eigenvalue weighted by molar-refractivity contribution is 5.73. The fourth-order valence-electron chi connectivity index (χ4n) is 2.80. The summed E-state index contributed by atoms with van der Waals surface area (Å²) in [6.07, 6.45) is 3.99. The van der Waals surface area contributed by atoms with Crippen molar-refractivity contribution in [2.45, 2.75) is 31.8 Å². The molecule has 22 heavy (non-hydrogen) atoms. The van der Waals surface area contributed by atoms with Gasteiger partial charge in [-0.05, 0) is 31.5 Å². The van der Waals surface area contributed by atoms with E-state index < -0.39 is 12.0 Å². The Labute approximate surface area is 127 Å². The summed E-state index contributed by atoms with van der Waals surface area (Å²) >= 11 is 0. The maximum absolute atomic E-state index is 13.7. The number of carbonyl (C=O) groups is 1. The first-order valence-electron chi connectivity index (χ1n) is 7.31. The summed E-state index contributed by atoms with van der Waals surface area (Å²) in [6.45, 7) is 1.03. The van der Waals surface area contributed by atoms with Crippen LogP contribution in [0.25, 0.3) is 11.3 Å². The molecule has 0 radical (unpaired) electrons. The zero-order chi connectivity index (χ0) is 15.5. The number of hydrogen-bond donors (Lipinski definition) is 1. The molecule has 1 unspecified atom stereocenters. The van der Waals surface area contributed by atoms with Crippen molar-refractivity contribution in [1.82, 2.24) is 9.88 Å². The van der Waals surface area contributed by atoms with E-state index in [-0.39, 0.29) is 5.82 Å². The first kappa shape index (κ1) is 14.7. The maximum Gasteiger partial charge on any atom is 0.320 e. The second-order valence-corrected chi connectivity index (χ2v) is 5.42. The molecule has 1 atom stereocenters. The van der Waals surface area contributed by atoms with E-state index in [1.807, 2.05) is 4.90 Å². The molecule has 116 valence electrons. The normalized spacial score (nSPS) is 19.2. The molecule has 1 saturated heterocycles. The zero-order valence-electron chi connectivity index (χ0n) is 12.0. The predicted molar refractivity (Wildman–Crippen MR) is 77.6 cm³/mol. The fraction of sp³-hybridized carbons (Fsp3) is 0.375. The molecule has 1 fully saturated rings. The largest absolute Gasteiger partial charge is 0.480 e. The third kappa shape index (κ3) is 3.01. The molecule has 0 amide bonds. The molecule has 1 aliphatic heterocycles. The second kappa shape index (κ2) is 6.27. The summed E-state index contributed by atoms with van der Waals surface area (Å²) in [5.41, 5.74) is 0.356. The van der Waals surface area contributed by atoms with Crippen LogP contribution in [-0.2, 0) is 11.3 Å². The van der Waals surface area contributed by atoms with Crippen LogP contribution >= 0.6 is 0 Å². The molecular weight excluding hydrogens is 287 g/mol. The first-order chi connectivity index (χ1) is 10.6. The van der Waals surface area contributed by atoms with E-state index >= 15 is 0 Å².